The van der Waals surface area contributed by atoms with Crippen LogP contribution in [0.5, 0.6) is 23.0 Å². The van der Waals surface area contributed by atoms with Gasteiger partial charge in [-0.05, 0) is 72.0 Å². The number of fused-ring (bicyclic) bond motifs is 6. The number of hydrogen-bond acceptors (Lipinski definition) is 5. The number of amides is 2. The molecule has 0 spiro atoms. The van der Waals surface area contributed by atoms with Gasteiger partial charge >= 0.3 is 0 Å². The molecule has 7 nitrogen and oxygen atoms in total. The predicted molar refractivity (Wildman–Crippen MR) is 131 cm³/mol. The Balaban J connectivity index is 1.61. The van der Waals surface area contributed by atoms with Crippen molar-refractivity contribution in [2.24, 2.45) is 0 Å². The third kappa shape index (κ3) is 4.58. The van der Waals surface area contributed by atoms with Gasteiger partial charge in [0.1, 0.15) is 17.3 Å². The third-order valence-corrected chi connectivity index (χ3v) is 6.53. The van der Waals surface area contributed by atoms with Gasteiger partial charge in [0.25, 0.3) is 5.91 Å². The molecule has 1 atom stereocenters. The van der Waals surface area contributed by atoms with E-state index in [2.05, 4.69) is 5.32 Å². The lowest BCUT2D eigenvalue weighted by molar-refractivity contribution is -0.130. The van der Waals surface area contributed by atoms with Crippen molar-refractivity contribution in [3.63, 3.8) is 0 Å². The van der Waals surface area contributed by atoms with Gasteiger partial charge in [-0.15, -0.1) is 0 Å². The van der Waals surface area contributed by atoms with Crippen LogP contribution in [-0.2, 0) is 11.2 Å². The lowest BCUT2D eigenvalue weighted by Gasteiger charge is -2.37. The summed E-state index contributed by atoms with van der Waals surface area (Å²) in [5, 5.41) is 2.73. The topological polar surface area (TPSA) is 77.1 Å². The van der Waals surface area contributed by atoms with Crippen molar-refractivity contribution in [3.8, 4) is 23.0 Å². The highest BCUT2D eigenvalue weighted by molar-refractivity contribution is 5.94. The van der Waals surface area contributed by atoms with Crippen molar-refractivity contribution in [2.45, 2.75) is 25.8 Å². The Labute approximate surface area is 208 Å². The Bertz CT molecular complexity index is 1330. The van der Waals surface area contributed by atoms with E-state index in [1.54, 1.807) is 14.0 Å². The van der Waals surface area contributed by atoms with E-state index in [0.29, 0.717) is 55.5 Å². The molecule has 3 aromatic rings. The summed E-state index contributed by atoms with van der Waals surface area (Å²) in [5.74, 6) is 0.911. The molecule has 36 heavy (non-hydrogen) atoms. The van der Waals surface area contributed by atoms with Gasteiger partial charge in [0.2, 0.25) is 5.91 Å². The second-order valence-corrected chi connectivity index (χ2v) is 8.84. The number of ether oxygens (including phenoxy) is 3. The first kappa shape index (κ1) is 23.7. The molecule has 0 aliphatic carbocycles. The zero-order valence-corrected chi connectivity index (χ0v) is 20.2. The molecule has 186 valence electrons. The summed E-state index contributed by atoms with van der Waals surface area (Å²) in [6, 6.07) is 15.2. The average molecular weight is 491 g/mol. The van der Waals surface area contributed by atoms with Gasteiger partial charge in [-0.1, -0.05) is 12.1 Å². The molecule has 3 heterocycles. The maximum Gasteiger partial charge on any atom is 0.254 e. The fourth-order valence-electron chi connectivity index (χ4n) is 4.77. The summed E-state index contributed by atoms with van der Waals surface area (Å²) in [6.45, 7) is 2.75. The van der Waals surface area contributed by atoms with Gasteiger partial charge in [0.05, 0.1) is 25.3 Å². The van der Waals surface area contributed by atoms with Gasteiger partial charge < -0.3 is 24.4 Å². The summed E-state index contributed by atoms with van der Waals surface area (Å²) in [6.07, 6.45) is 1.17. The highest BCUT2D eigenvalue weighted by atomic mass is 19.1. The van der Waals surface area contributed by atoms with Crippen LogP contribution in [0.2, 0.25) is 0 Å². The van der Waals surface area contributed by atoms with Crippen molar-refractivity contribution < 1.29 is 28.2 Å². The molecule has 0 aromatic heterocycles. The van der Waals surface area contributed by atoms with E-state index in [1.165, 1.54) is 18.2 Å². The van der Waals surface area contributed by atoms with Crippen LogP contribution in [0, 0.1) is 5.82 Å². The van der Waals surface area contributed by atoms with Gasteiger partial charge in [0, 0.05) is 20.0 Å². The predicted octanol–water partition coefficient (Wildman–Crippen LogP) is 4.63. The maximum absolute atomic E-state index is 14.4. The molecule has 2 amide bonds. The second kappa shape index (κ2) is 9.89. The number of benzene rings is 3. The molecule has 1 unspecified atom stereocenters. The highest BCUT2D eigenvalue weighted by Crippen LogP contribution is 2.40. The van der Waals surface area contributed by atoms with E-state index in [4.69, 9.17) is 14.2 Å². The summed E-state index contributed by atoms with van der Waals surface area (Å²) in [7, 11) is 1.57. The molecular formula is C28H27FN2O5. The molecular weight excluding hydrogens is 463 g/mol. The zero-order chi connectivity index (χ0) is 25.2. The zero-order valence-electron chi connectivity index (χ0n) is 20.2. The molecule has 8 heteroatoms. The SMILES string of the molecule is COc1ccc2cc1OCCCNC(=O)c1cc(ccc1F)Oc1ccc3c(c1)CCN(C(C)=O)C23. The maximum atomic E-state index is 14.4. The fraction of sp³-hybridized carbons (Fsp3) is 0.286. The number of nitrogens with zero attached hydrogens (tertiary/aromatic N) is 1. The van der Waals surface area contributed by atoms with Crippen molar-refractivity contribution in [2.75, 3.05) is 26.8 Å². The minimum atomic E-state index is -0.621. The van der Waals surface area contributed by atoms with Gasteiger partial charge in [-0.25, -0.2) is 4.39 Å². The molecule has 3 aliphatic rings. The van der Waals surface area contributed by atoms with Gasteiger partial charge in [-0.3, -0.25) is 9.59 Å². The molecule has 6 rings (SSSR count). The Morgan fingerprint density at radius 3 is 2.72 bits per heavy atom. The van der Waals surface area contributed by atoms with Gasteiger partial charge in [0.15, 0.2) is 11.5 Å². The second-order valence-electron chi connectivity index (χ2n) is 8.84. The first-order valence-corrected chi connectivity index (χ1v) is 11.9. The smallest absolute Gasteiger partial charge is 0.254 e. The van der Waals surface area contributed by atoms with Crippen molar-refractivity contribution in [1.29, 1.82) is 0 Å². The Hall–Kier alpha value is -4.07. The largest absolute Gasteiger partial charge is 0.493 e. The third-order valence-electron chi connectivity index (χ3n) is 6.53. The number of nitrogens with one attached hydrogen (secondary N) is 1. The molecule has 1 N–H and O–H groups in total. The minimum Gasteiger partial charge on any atom is -0.493 e. The summed E-state index contributed by atoms with van der Waals surface area (Å²) in [5.41, 5.74) is 2.88. The summed E-state index contributed by atoms with van der Waals surface area (Å²) < 4.78 is 31.9. The van der Waals surface area contributed by atoms with Gasteiger partial charge in [-0.2, -0.15) is 0 Å². The Morgan fingerprint density at radius 2 is 1.92 bits per heavy atom. The van der Waals surface area contributed by atoms with Crippen LogP contribution in [-0.4, -0.2) is 43.5 Å². The summed E-state index contributed by atoms with van der Waals surface area (Å²) in [4.78, 5) is 27.0. The molecule has 3 aromatic carbocycles. The quantitative estimate of drug-likeness (QED) is 0.538. The number of rotatable bonds is 1. The van der Waals surface area contributed by atoms with E-state index in [1.807, 2.05) is 41.3 Å². The monoisotopic (exact) mass is 490 g/mol. The lowest BCUT2D eigenvalue weighted by Crippen LogP contribution is -2.39. The first-order valence-electron chi connectivity index (χ1n) is 11.9. The Morgan fingerprint density at radius 1 is 1.11 bits per heavy atom. The molecule has 0 saturated heterocycles. The standard InChI is InChI=1S/C28H27FN2O5/c1-17(32)31-12-10-18-14-20-5-7-22(18)27(31)19-4-9-25(34-2)26(15-19)35-13-3-11-30-28(33)23-16-21(36-20)6-8-24(23)29/h4-9,14-16,27H,3,10-13H2,1-2H3,(H,30,33). The van der Waals surface area contributed by atoms with E-state index >= 15 is 0 Å². The van der Waals surface area contributed by atoms with Crippen LogP contribution in [0.25, 0.3) is 0 Å². The van der Waals surface area contributed by atoms with E-state index in [-0.39, 0.29) is 17.5 Å². The summed E-state index contributed by atoms with van der Waals surface area (Å²) >= 11 is 0. The van der Waals surface area contributed by atoms with Crippen molar-refractivity contribution in [3.05, 3.63) is 82.7 Å². The van der Waals surface area contributed by atoms with Crippen LogP contribution in [0.15, 0.2) is 54.6 Å². The lowest BCUT2D eigenvalue weighted by atomic mass is 9.87. The van der Waals surface area contributed by atoms with E-state index in [9.17, 15) is 14.0 Å². The van der Waals surface area contributed by atoms with Crippen LogP contribution >= 0.6 is 0 Å². The number of carbonyl (C=O) groups excluding carboxylic acids is 2. The number of methoxy groups -OCH3 is 1. The van der Waals surface area contributed by atoms with E-state index in [0.717, 1.165) is 16.7 Å². The number of halogens is 1. The molecule has 0 fully saturated rings. The highest BCUT2D eigenvalue weighted by Gasteiger charge is 2.31. The first-order chi connectivity index (χ1) is 17.4. The van der Waals surface area contributed by atoms with E-state index < -0.39 is 11.7 Å². The number of carbonyl (C=O) groups is 2. The normalized spacial score (nSPS) is 17.2. The van der Waals surface area contributed by atoms with Crippen LogP contribution in [0.3, 0.4) is 0 Å². The van der Waals surface area contributed by atoms with Crippen molar-refractivity contribution >= 4 is 11.8 Å². The molecule has 8 bridgehead atoms. The number of hydrogen-bond donors (Lipinski definition) is 1. The Kier molecular flexibility index (Phi) is 6.50. The molecule has 3 aliphatic heterocycles. The fourth-order valence-corrected chi connectivity index (χ4v) is 4.77. The molecule has 0 saturated carbocycles. The van der Waals surface area contributed by atoms with Crippen LogP contribution in [0.1, 0.15) is 46.4 Å². The van der Waals surface area contributed by atoms with Crippen molar-refractivity contribution in [1.82, 2.24) is 10.2 Å². The average Bonchev–Trinajstić information content (AvgIpc) is 2.88. The molecule has 0 radical (unpaired) electrons. The van der Waals surface area contributed by atoms with Crippen LogP contribution < -0.4 is 19.5 Å². The van der Waals surface area contributed by atoms with Crippen LogP contribution in [0.4, 0.5) is 4.39 Å². The minimum absolute atomic E-state index is 0.0130.